The first-order valence-corrected chi connectivity index (χ1v) is 7.79. The molecule has 2 heteroatoms. The van der Waals surface area contributed by atoms with Crippen LogP contribution in [-0.4, -0.2) is 11.6 Å². The minimum atomic E-state index is -0.130. The Morgan fingerprint density at radius 1 is 1.22 bits per heavy atom. The molecule has 0 bridgehead atoms. The second-order valence-electron chi connectivity index (χ2n) is 6.66. The second-order valence-corrected chi connectivity index (χ2v) is 6.66. The Morgan fingerprint density at radius 3 is 2.44 bits per heavy atom. The molecule has 0 saturated heterocycles. The first-order valence-electron chi connectivity index (χ1n) is 7.79. The molecule has 0 radical (unpaired) electrons. The maximum absolute atomic E-state index is 11.9. The maximum Gasteiger partial charge on any atom is 0.308 e. The predicted octanol–water partition coefficient (Wildman–Crippen LogP) is 4.32. The summed E-state index contributed by atoms with van der Waals surface area (Å²) in [6.45, 7) is 6.02. The van der Waals surface area contributed by atoms with Gasteiger partial charge in [0.05, 0.1) is 5.92 Å². The molecule has 0 N–H and O–H groups in total. The Bertz CT molecular complexity index is 291. The number of hydrogen-bond acceptors (Lipinski definition) is 2. The van der Waals surface area contributed by atoms with Crippen LogP contribution in [-0.2, 0) is 9.53 Å². The van der Waals surface area contributed by atoms with Crippen molar-refractivity contribution in [2.24, 2.45) is 17.8 Å². The van der Waals surface area contributed by atoms with E-state index < -0.39 is 0 Å². The Hall–Kier alpha value is -0.530. The van der Waals surface area contributed by atoms with Crippen LogP contribution in [0.2, 0.25) is 0 Å². The lowest BCUT2D eigenvalue weighted by Crippen LogP contribution is -2.33. The maximum atomic E-state index is 11.9. The largest absolute Gasteiger partial charge is 0.459 e. The summed E-state index contributed by atoms with van der Waals surface area (Å²) in [7, 11) is 0. The van der Waals surface area contributed by atoms with Gasteiger partial charge in [-0.3, -0.25) is 4.79 Å². The highest BCUT2D eigenvalue weighted by atomic mass is 16.6. The summed E-state index contributed by atoms with van der Waals surface area (Å²) in [4.78, 5) is 11.9. The molecule has 2 atom stereocenters. The van der Waals surface area contributed by atoms with Crippen molar-refractivity contribution in [2.45, 2.75) is 77.7 Å². The monoisotopic (exact) mass is 252 g/mol. The normalized spacial score (nSPS) is 33.2. The zero-order valence-electron chi connectivity index (χ0n) is 12.2. The van der Waals surface area contributed by atoms with E-state index >= 15 is 0 Å². The average molecular weight is 252 g/mol. The fourth-order valence-electron chi connectivity index (χ4n) is 3.78. The van der Waals surface area contributed by atoms with Crippen molar-refractivity contribution in [3.8, 4) is 0 Å². The van der Waals surface area contributed by atoms with Gasteiger partial charge >= 0.3 is 5.97 Å². The van der Waals surface area contributed by atoms with Crippen molar-refractivity contribution in [1.82, 2.24) is 0 Å². The lowest BCUT2D eigenvalue weighted by molar-refractivity contribution is -0.164. The smallest absolute Gasteiger partial charge is 0.308 e. The molecular weight excluding hydrogens is 224 g/mol. The molecule has 104 valence electrons. The predicted molar refractivity (Wildman–Crippen MR) is 73.3 cm³/mol. The molecule has 2 aliphatic rings. The summed E-state index contributed by atoms with van der Waals surface area (Å²) in [5.74, 6) is 1.71. The van der Waals surface area contributed by atoms with Crippen molar-refractivity contribution in [3.63, 3.8) is 0 Å². The van der Waals surface area contributed by atoms with E-state index in [9.17, 15) is 4.79 Å². The molecule has 0 aromatic rings. The van der Waals surface area contributed by atoms with Crippen LogP contribution in [0.4, 0.5) is 0 Å². The molecule has 2 unspecified atom stereocenters. The van der Waals surface area contributed by atoms with Crippen LogP contribution in [0.1, 0.15) is 72.1 Å². The van der Waals surface area contributed by atoms with Crippen LogP contribution in [0.15, 0.2) is 0 Å². The highest BCUT2D eigenvalue weighted by Gasteiger charge is 2.44. The first-order chi connectivity index (χ1) is 8.56. The molecule has 2 fully saturated rings. The Kier molecular flexibility index (Phi) is 4.34. The van der Waals surface area contributed by atoms with E-state index in [0.29, 0.717) is 0 Å². The van der Waals surface area contributed by atoms with Gasteiger partial charge in [-0.1, -0.05) is 46.5 Å². The molecule has 18 heavy (non-hydrogen) atoms. The third-order valence-electron chi connectivity index (χ3n) is 5.10. The number of carbonyl (C=O) groups is 1. The summed E-state index contributed by atoms with van der Waals surface area (Å²) >= 11 is 0. The third-order valence-corrected chi connectivity index (χ3v) is 5.10. The van der Waals surface area contributed by atoms with Crippen molar-refractivity contribution in [1.29, 1.82) is 0 Å². The molecule has 2 aliphatic carbocycles. The number of ether oxygens (including phenoxy) is 1. The molecule has 2 rings (SSSR count). The van der Waals surface area contributed by atoms with Gasteiger partial charge in [0.2, 0.25) is 0 Å². The third kappa shape index (κ3) is 2.89. The standard InChI is InChI=1S/C16H28O2/c1-4-16(18-15(17)12(2)3)10-9-14(11-16)13-7-5-6-8-13/h12-14H,4-11H2,1-3H3. The van der Waals surface area contributed by atoms with E-state index in [2.05, 4.69) is 6.92 Å². The summed E-state index contributed by atoms with van der Waals surface area (Å²) in [6, 6.07) is 0. The Morgan fingerprint density at radius 2 is 1.89 bits per heavy atom. The van der Waals surface area contributed by atoms with Crippen LogP contribution in [0.5, 0.6) is 0 Å². The van der Waals surface area contributed by atoms with Crippen LogP contribution in [0.3, 0.4) is 0 Å². The zero-order chi connectivity index (χ0) is 13.2. The van der Waals surface area contributed by atoms with Crippen molar-refractivity contribution in [3.05, 3.63) is 0 Å². The van der Waals surface area contributed by atoms with Crippen LogP contribution >= 0.6 is 0 Å². The van der Waals surface area contributed by atoms with Gasteiger partial charge in [0.25, 0.3) is 0 Å². The van der Waals surface area contributed by atoms with E-state index in [1.807, 2.05) is 13.8 Å². The molecule has 0 spiro atoms. The van der Waals surface area contributed by atoms with Crippen molar-refractivity contribution >= 4 is 5.97 Å². The second kappa shape index (κ2) is 5.63. The summed E-state index contributed by atoms with van der Waals surface area (Å²) in [5, 5.41) is 0. The average Bonchev–Trinajstić information content (AvgIpc) is 2.97. The minimum Gasteiger partial charge on any atom is -0.459 e. The van der Waals surface area contributed by atoms with Gasteiger partial charge in [0, 0.05) is 0 Å². The molecule has 0 heterocycles. The zero-order valence-corrected chi connectivity index (χ0v) is 12.2. The van der Waals surface area contributed by atoms with E-state index in [-0.39, 0.29) is 17.5 Å². The Labute approximate surface area is 111 Å². The van der Waals surface area contributed by atoms with Gasteiger partial charge in [-0.05, 0) is 37.5 Å². The van der Waals surface area contributed by atoms with E-state index in [1.165, 1.54) is 32.1 Å². The first kappa shape index (κ1) is 13.9. The molecule has 0 aromatic carbocycles. The molecular formula is C16H28O2. The van der Waals surface area contributed by atoms with Gasteiger partial charge < -0.3 is 4.74 Å². The summed E-state index contributed by atoms with van der Waals surface area (Å²) in [6.07, 6.45) is 10.1. The molecule has 2 saturated carbocycles. The lowest BCUT2D eigenvalue weighted by Gasteiger charge is -2.30. The quantitative estimate of drug-likeness (QED) is 0.696. The number of hydrogen-bond donors (Lipinski definition) is 0. The van der Waals surface area contributed by atoms with Crippen LogP contribution in [0.25, 0.3) is 0 Å². The summed E-state index contributed by atoms with van der Waals surface area (Å²) in [5.41, 5.74) is -0.130. The topological polar surface area (TPSA) is 26.3 Å². The van der Waals surface area contributed by atoms with Gasteiger partial charge in [-0.15, -0.1) is 0 Å². The van der Waals surface area contributed by atoms with E-state index in [0.717, 1.165) is 31.1 Å². The number of esters is 1. The van der Waals surface area contributed by atoms with Crippen LogP contribution in [0, 0.1) is 17.8 Å². The van der Waals surface area contributed by atoms with Crippen molar-refractivity contribution < 1.29 is 9.53 Å². The van der Waals surface area contributed by atoms with Crippen molar-refractivity contribution in [2.75, 3.05) is 0 Å². The van der Waals surface area contributed by atoms with Gasteiger partial charge in [0.1, 0.15) is 5.60 Å². The van der Waals surface area contributed by atoms with Crippen LogP contribution < -0.4 is 0 Å². The fraction of sp³-hybridized carbons (Fsp3) is 0.938. The van der Waals surface area contributed by atoms with E-state index in [1.54, 1.807) is 0 Å². The minimum absolute atomic E-state index is 0.000967. The molecule has 0 amide bonds. The molecule has 2 nitrogen and oxygen atoms in total. The number of carbonyl (C=O) groups excluding carboxylic acids is 1. The Balaban J connectivity index is 1.95. The van der Waals surface area contributed by atoms with Gasteiger partial charge in [-0.2, -0.15) is 0 Å². The highest BCUT2D eigenvalue weighted by molar-refractivity contribution is 5.72. The molecule has 0 aliphatic heterocycles. The molecule has 0 aromatic heterocycles. The summed E-state index contributed by atoms with van der Waals surface area (Å²) < 4.78 is 5.86. The van der Waals surface area contributed by atoms with Gasteiger partial charge in [0.15, 0.2) is 0 Å². The van der Waals surface area contributed by atoms with Gasteiger partial charge in [-0.25, -0.2) is 0 Å². The van der Waals surface area contributed by atoms with E-state index in [4.69, 9.17) is 4.74 Å². The fourth-order valence-corrected chi connectivity index (χ4v) is 3.78. The highest BCUT2D eigenvalue weighted by Crippen LogP contribution is 2.47. The SMILES string of the molecule is CCC1(OC(=O)C(C)C)CCC(C2CCCC2)C1. The lowest BCUT2D eigenvalue weighted by atomic mass is 9.87. The number of rotatable bonds is 4.